The van der Waals surface area contributed by atoms with Gasteiger partial charge in [0.25, 0.3) is 5.91 Å². The van der Waals surface area contributed by atoms with Crippen molar-refractivity contribution in [2.45, 2.75) is 117 Å². The molecule has 6 atom stereocenters. The average Bonchev–Trinajstić information content (AvgIpc) is 2.93. The summed E-state index contributed by atoms with van der Waals surface area (Å²) in [6.07, 6.45) is 0.269. The largest absolute Gasteiger partial charge is 0.399 e. The Morgan fingerprint density at radius 2 is 1.47 bits per heavy atom. The molecule has 3 amide bonds. The van der Waals surface area contributed by atoms with Gasteiger partial charge in [-0.15, -0.1) is 0 Å². The summed E-state index contributed by atoms with van der Waals surface area (Å²) in [4.78, 5) is 69.9. The van der Waals surface area contributed by atoms with Crippen LogP contribution < -0.4 is 28.3 Å². The van der Waals surface area contributed by atoms with E-state index in [4.69, 9.17) is 22.9 Å². The van der Waals surface area contributed by atoms with Crippen LogP contribution in [-0.2, 0) is 30.4 Å². The Morgan fingerprint density at radius 1 is 0.889 bits per heavy atom. The Balaban J connectivity index is 3.91. The number of ketones is 1. The molecule has 0 aliphatic carbocycles. The van der Waals surface area contributed by atoms with E-state index in [0.29, 0.717) is 22.6 Å². The Labute approximate surface area is 268 Å². The van der Waals surface area contributed by atoms with Crippen LogP contribution in [-0.4, -0.2) is 75.6 Å². The minimum atomic E-state index is -2.55. The number of hydrogen-bond acceptors (Lipinski definition) is 10. The van der Waals surface area contributed by atoms with E-state index in [1.807, 2.05) is 27.7 Å². The summed E-state index contributed by atoms with van der Waals surface area (Å²) in [6, 6.07) is 1.30. The van der Waals surface area contributed by atoms with Crippen LogP contribution in [0.5, 0.6) is 0 Å². The van der Waals surface area contributed by atoms with Crippen LogP contribution in [0.3, 0.4) is 0 Å². The number of carbonyl (C=O) groups excluding carboxylic acids is 5. The number of nitrogens with two attached hydrogens (primary N) is 4. The molecule has 0 fully saturated rings. The van der Waals surface area contributed by atoms with Gasteiger partial charge in [0.05, 0.1) is 24.2 Å². The smallest absolute Gasteiger partial charge is 0.253 e. The molecule has 0 aliphatic heterocycles. The Bertz CT molecular complexity index is 1170. The van der Waals surface area contributed by atoms with E-state index < -0.39 is 71.2 Å². The van der Waals surface area contributed by atoms with E-state index in [9.17, 15) is 29.1 Å². The lowest BCUT2D eigenvalue weighted by molar-refractivity contribution is -0.159. The van der Waals surface area contributed by atoms with Gasteiger partial charge in [-0.05, 0) is 67.1 Å². The van der Waals surface area contributed by atoms with Crippen molar-refractivity contribution in [2.24, 2.45) is 40.9 Å². The highest BCUT2D eigenvalue weighted by atomic mass is 16.3. The second-order valence-corrected chi connectivity index (χ2v) is 13.7. The third-order valence-corrected chi connectivity index (χ3v) is 7.56. The molecule has 45 heavy (non-hydrogen) atoms. The summed E-state index contributed by atoms with van der Waals surface area (Å²) < 4.78 is 0. The van der Waals surface area contributed by atoms with Crippen molar-refractivity contribution in [3.05, 3.63) is 29.8 Å². The fourth-order valence-electron chi connectivity index (χ4n) is 5.33. The summed E-state index contributed by atoms with van der Waals surface area (Å²) in [5, 5.41) is 13.4. The SMILES string of the molecule is CC(C)C[C@@H](N)C(=O)N[C@@H](CC(C)C)C(=O)N(C(=O)[C@@H](N)Cc1cccc(N)c1)[C@]([C]=O)(CC(C)C)C(=O)[C@@H](N)[C@H](O)C(C)C. The number of anilines is 1. The number of nitrogen functional groups attached to an aromatic ring is 1. The third kappa shape index (κ3) is 11.0. The molecule has 1 rings (SSSR count). The lowest BCUT2D eigenvalue weighted by Crippen LogP contribution is -2.70. The molecule has 0 aliphatic rings. The molecule has 1 aromatic rings. The minimum absolute atomic E-state index is 0.0543. The molecule has 253 valence electrons. The van der Waals surface area contributed by atoms with Crippen LogP contribution in [0.25, 0.3) is 0 Å². The van der Waals surface area contributed by atoms with Gasteiger partial charge in [-0.2, -0.15) is 0 Å². The molecule has 0 saturated heterocycles. The number of aliphatic hydroxyl groups is 1. The fraction of sp³-hybridized carbons (Fsp3) is 0.667. The van der Waals surface area contributed by atoms with E-state index in [2.05, 4.69) is 5.32 Å². The maximum atomic E-state index is 14.6. The molecular formula is C33H55N6O6. The Hall–Kier alpha value is -3.19. The number of Topliss-reactive ketones (excluding diaryl/α,β-unsaturated/α-hetero) is 1. The Kier molecular flexibility index (Phi) is 15.5. The monoisotopic (exact) mass is 631 g/mol. The first-order chi connectivity index (χ1) is 20.8. The van der Waals surface area contributed by atoms with Crippen molar-refractivity contribution in [3.63, 3.8) is 0 Å². The zero-order valence-corrected chi connectivity index (χ0v) is 28.1. The highest BCUT2D eigenvalue weighted by Gasteiger charge is 2.55. The maximum Gasteiger partial charge on any atom is 0.253 e. The van der Waals surface area contributed by atoms with Crippen LogP contribution in [0, 0.1) is 23.7 Å². The van der Waals surface area contributed by atoms with E-state index in [1.165, 1.54) is 0 Å². The molecule has 0 saturated carbocycles. The second kappa shape index (κ2) is 17.5. The molecule has 0 aromatic heterocycles. The number of rotatable bonds is 18. The van der Waals surface area contributed by atoms with Gasteiger partial charge in [0, 0.05) is 5.69 Å². The summed E-state index contributed by atoms with van der Waals surface area (Å²) in [5.74, 6) is -4.75. The summed E-state index contributed by atoms with van der Waals surface area (Å²) in [5.41, 5.74) is 23.1. The highest BCUT2D eigenvalue weighted by molar-refractivity contribution is 6.15. The number of nitrogens with zero attached hydrogens (tertiary/aromatic N) is 1. The summed E-state index contributed by atoms with van der Waals surface area (Å²) >= 11 is 0. The van der Waals surface area contributed by atoms with Crippen molar-refractivity contribution in [1.82, 2.24) is 10.2 Å². The van der Waals surface area contributed by atoms with Gasteiger partial charge in [-0.1, -0.05) is 67.5 Å². The molecule has 0 spiro atoms. The van der Waals surface area contributed by atoms with Crippen LogP contribution in [0.15, 0.2) is 24.3 Å². The van der Waals surface area contributed by atoms with Crippen molar-refractivity contribution >= 4 is 35.5 Å². The van der Waals surface area contributed by atoms with Crippen LogP contribution in [0.2, 0.25) is 0 Å². The van der Waals surface area contributed by atoms with Gasteiger partial charge in [0.1, 0.15) is 6.04 Å². The number of carbonyl (C=O) groups is 4. The van der Waals surface area contributed by atoms with Crippen LogP contribution in [0.4, 0.5) is 5.69 Å². The van der Waals surface area contributed by atoms with E-state index in [-0.39, 0.29) is 31.1 Å². The first-order valence-electron chi connectivity index (χ1n) is 15.7. The number of imide groups is 1. The van der Waals surface area contributed by atoms with E-state index in [1.54, 1.807) is 58.2 Å². The minimum Gasteiger partial charge on any atom is -0.399 e. The highest BCUT2D eigenvalue weighted by Crippen LogP contribution is 2.30. The third-order valence-electron chi connectivity index (χ3n) is 7.56. The zero-order valence-electron chi connectivity index (χ0n) is 28.1. The van der Waals surface area contributed by atoms with Gasteiger partial charge in [0.15, 0.2) is 11.3 Å². The maximum absolute atomic E-state index is 14.6. The molecule has 12 heteroatoms. The fourth-order valence-corrected chi connectivity index (χ4v) is 5.33. The quantitative estimate of drug-likeness (QED) is 0.100. The lowest BCUT2D eigenvalue weighted by atomic mass is 9.78. The predicted molar refractivity (Wildman–Crippen MR) is 175 cm³/mol. The molecule has 0 unspecified atom stereocenters. The second-order valence-electron chi connectivity index (χ2n) is 13.7. The van der Waals surface area contributed by atoms with Crippen molar-refractivity contribution < 1.29 is 29.1 Å². The van der Waals surface area contributed by atoms with Gasteiger partial charge < -0.3 is 33.4 Å². The van der Waals surface area contributed by atoms with Crippen molar-refractivity contribution in [1.29, 1.82) is 0 Å². The molecule has 12 nitrogen and oxygen atoms in total. The Morgan fingerprint density at radius 3 is 1.93 bits per heavy atom. The van der Waals surface area contributed by atoms with Gasteiger partial charge >= 0.3 is 0 Å². The van der Waals surface area contributed by atoms with Gasteiger partial charge in [0.2, 0.25) is 18.1 Å². The average molecular weight is 632 g/mol. The zero-order chi connectivity index (χ0) is 34.8. The number of benzene rings is 1. The van der Waals surface area contributed by atoms with Gasteiger partial charge in [-0.3, -0.25) is 28.9 Å². The van der Waals surface area contributed by atoms with Crippen LogP contribution in [0.1, 0.15) is 80.2 Å². The molecule has 10 N–H and O–H groups in total. The van der Waals surface area contributed by atoms with Gasteiger partial charge in [-0.25, -0.2) is 0 Å². The van der Waals surface area contributed by atoms with Crippen molar-refractivity contribution in [2.75, 3.05) is 5.73 Å². The van der Waals surface area contributed by atoms with E-state index >= 15 is 0 Å². The lowest BCUT2D eigenvalue weighted by Gasteiger charge is -2.42. The molecule has 1 radical (unpaired) electrons. The molecule has 1 aromatic carbocycles. The number of amides is 3. The predicted octanol–water partition coefficient (Wildman–Crippen LogP) is 1.21. The molecule has 0 bridgehead atoms. The first-order valence-corrected chi connectivity index (χ1v) is 15.7. The van der Waals surface area contributed by atoms with Crippen molar-refractivity contribution in [3.8, 4) is 0 Å². The molecule has 0 heterocycles. The topological polar surface area (TPSA) is 225 Å². The summed E-state index contributed by atoms with van der Waals surface area (Å²) in [6.45, 7) is 14.1. The first kappa shape index (κ1) is 39.8. The number of nitrogens with one attached hydrogen (secondary N) is 1. The number of hydrogen-bond donors (Lipinski definition) is 6. The normalized spacial score (nSPS) is 16.5. The summed E-state index contributed by atoms with van der Waals surface area (Å²) in [7, 11) is 0. The van der Waals surface area contributed by atoms with E-state index in [0.717, 1.165) is 0 Å². The van der Waals surface area contributed by atoms with Crippen LogP contribution >= 0.6 is 0 Å². The standard InChI is InChI=1S/C33H55N6O6/c1-18(2)12-24(35)30(43)38-26(13-19(3)4)32(45)39(31(44)25(36)15-22-10-9-11-23(34)14-22)33(17-40,16-20(5)6)29(42)27(37)28(41)21(7)8/h9-11,14,18-21,24-28,41H,12-13,15-16,34-37H2,1-8H3,(H,38,43)/t24-,25+,26+,27+,28-,33+/m1/s1. The molecular weight excluding hydrogens is 576 g/mol. The number of aliphatic hydroxyl groups excluding tert-OH is 1.